The number of ether oxygens (including phenoxy) is 1. The summed E-state index contributed by atoms with van der Waals surface area (Å²) in [7, 11) is 0. The van der Waals surface area contributed by atoms with Gasteiger partial charge in [0.25, 0.3) is 5.91 Å². The highest BCUT2D eigenvalue weighted by atomic mass is 16.5. The van der Waals surface area contributed by atoms with Crippen molar-refractivity contribution in [3.63, 3.8) is 0 Å². The van der Waals surface area contributed by atoms with Gasteiger partial charge in [0.1, 0.15) is 0 Å². The van der Waals surface area contributed by atoms with Crippen molar-refractivity contribution in [2.45, 2.75) is 56.8 Å². The number of piperidine rings is 1. The van der Waals surface area contributed by atoms with Crippen molar-refractivity contribution >= 4 is 11.8 Å². The van der Waals surface area contributed by atoms with Crippen LogP contribution in [0.25, 0.3) is 0 Å². The zero-order valence-corrected chi connectivity index (χ0v) is 19.4. The minimum absolute atomic E-state index is 0.00414. The molecule has 1 spiro atoms. The predicted molar refractivity (Wildman–Crippen MR) is 125 cm³/mol. The Kier molecular flexibility index (Phi) is 5.93. The summed E-state index contributed by atoms with van der Waals surface area (Å²) in [5.41, 5.74) is 2.00. The molecule has 0 radical (unpaired) electrons. The summed E-state index contributed by atoms with van der Waals surface area (Å²) in [4.78, 5) is 36.3. The molecule has 7 nitrogen and oxygen atoms in total. The molecule has 0 aliphatic carbocycles. The number of aromatic nitrogens is 1. The fraction of sp³-hybridized carbons (Fsp3) is 0.500. The van der Waals surface area contributed by atoms with Gasteiger partial charge in [0.15, 0.2) is 0 Å². The first-order valence-corrected chi connectivity index (χ1v) is 11.9. The van der Waals surface area contributed by atoms with E-state index in [2.05, 4.69) is 29.0 Å². The molecule has 33 heavy (non-hydrogen) atoms. The molecule has 1 aromatic heterocycles. The number of nitrogens with zero attached hydrogens (tertiary/aromatic N) is 3. The van der Waals surface area contributed by atoms with E-state index in [9.17, 15) is 9.59 Å². The summed E-state index contributed by atoms with van der Waals surface area (Å²) in [6, 6.07) is 13.7. The lowest BCUT2D eigenvalue weighted by Gasteiger charge is -2.56. The minimum atomic E-state index is -0.547. The number of rotatable bonds is 5. The molecular formula is C26H32N4O3. The molecule has 7 heteroatoms. The van der Waals surface area contributed by atoms with E-state index in [1.165, 1.54) is 0 Å². The van der Waals surface area contributed by atoms with Crippen LogP contribution in [-0.4, -0.2) is 70.5 Å². The molecule has 0 saturated carbocycles. The molecule has 3 aliphatic rings. The molecule has 1 unspecified atom stereocenters. The van der Waals surface area contributed by atoms with Crippen LogP contribution in [0.2, 0.25) is 0 Å². The summed E-state index contributed by atoms with van der Waals surface area (Å²) < 4.78 is 5.28. The second-order valence-corrected chi connectivity index (χ2v) is 9.73. The Labute approximate surface area is 195 Å². The molecule has 2 fully saturated rings. The molecule has 4 heterocycles. The van der Waals surface area contributed by atoms with Gasteiger partial charge in [-0.2, -0.15) is 0 Å². The van der Waals surface area contributed by atoms with E-state index in [4.69, 9.17) is 4.74 Å². The third-order valence-electron chi connectivity index (χ3n) is 7.33. The highest BCUT2D eigenvalue weighted by molar-refractivity contribution is 6.02. The molecule has 3 aliphatic heterocycles. The van der Waals surface area contributed by atoms with Gasteiger partial charge in [0, 0.05) is 37.4 Å². The average Bonchev–Trinajstić information content (AvgIpc) is 2.78. The zero-order valence-electron chi connectivity index (χ0n) is 19.4. The van der Waals surface area contributed by atoms with Gasteiger partial charge in [-0.1, -0.05) is 24.3 Å². The van der Waals surface area contributed by atoms with Gasteiger partial charge >= 0.3 is 0 Å². The Morgan fingerprint density at radius 3 is 2.52 bits per heavy atom. The van der Waals surface area contributed by atoms with Crippen LogP contribution in [0.5, 0.6) is 0 Å². The summed E-state index contributed by atoms with van der Waals surface area (Å²) in [5, 5.41) is 3.20. The maximum Gasteiger partial charge on any atom is 0.254 e. The van der Waals surface area contributed by atoms with E-state index in [-0.39, 0.29) is 23.9 Å². The first kappa shape index (κ1) is 22.0. The Morgan fingerprint density at radius 2 is 1.88 bits per heavy atom. The van der Waals surface area contributed by atoms with Gasteiger partial charge in [-0.05, 0) is 50.5 Å². The molecule has 1 N–H and O–H groups in total. The average molecular weight is 449 g/mol. The van der Waals surface area contributed by atoms with Gasteiger partial charge in [0.05, 0.1) is 36.4 Å². The van der Waals surface area contributed by atoms with Crippen molar-refractivity contribution in [3.05, 3.63) is 65.5 Å². The highest BCUT2D eigenvalue weighted by Crippen LogP contribution is 2.48. The van der Waals surface area contributed by atoms with Gasteiger partial charge in [-0.3, -0.25) is 19.5 Å². The second kappa shape index (κ2) is 8.88. The Morgan fingerprint density at radius 1 is 1.15 bits per heavy atom. The normalized spacial score (nSPS) is 22.8. The van der Waals surface area contributed by atoms with Crippen LogP contribution < -0.4 is 5.32 Å². The lowest BCUT2D eigenvalue weighted by atomic mass is 9.66. The third-order valence-corrected chi connectivity index (χ3v) is 7.33. The minimum Gasteiger partial charge on any atom is -0.377 e. The Hall–Kier alpha value is -2.77. The van der Waals surface area contributed by atoms with Crippen LogP contribution in [0.4, 0.5) is 0 Å². The summed E-state index contributed by atoms with van der Waals surface area (Å²) in [5.74, 6) is -0.353. The number of nitrogens with one attached hydrogen (secondary N) is 1. The third kappa shape index (κ3) is 3.93. The monoisotopic (exact) mass is 448 g/mol. The number of fused-ring (bicyclic) bond motifs is 1. The SMILES string of the molecule is CC(C)N1C(=O)c2ccccc2C(C(=O)NC2COC2)C12CCN(Cc1ccccn1)CC2. The molecule has 0 bridgehead atoms. The van der Waals surface area contributed by atoms with Crippen molar-refractivity contribution in [3.8, 4) is 0 Å². The van der Waals surface area contributed by atoms with E-state index < -0.39 is 11.5 Å². The van der Waals surface area contributed by atoms with Gasteiger partial charge in [-0.25, -0.2) is 0 Å². The second-order valence-electron chi connectivity index (χ2n) is 9.73. The van der Waals surface area contributed by atoms with Crippen molar-refractivity contribution in [1.29, 1.82) is 0 Å². The first-order chi connectivity index (χ1) is 16.0. The predicted octanol–water partition coefficient (Wildman–Crippen LogP) is 2.58. The molecular weight excluding hydrogens is 416 g/mol. The number of pyridine rings is 1. The van der Waals surface area contributed by atoms with Crippen LogP contribution in [-0.2, 0) is 16.1 Å². The van der Waals surface area contributed by atoms with E-state index >= 15 is 0 Å². The maximum atomic E-state index is 13.8. The van der Waals surface area contributed by atoms with E-state index in [0.29, 0.717) is 18.8 Å². The number of carbonyl (C=O) groups excluding carboxylic acids is 2. The topological polar surface area (TPSA) is 74.8 Å². The van der Waals surface area contributed by atoms with Crippen LogP contribution in [0.1, 0.15) is 54.2 Å². The van der Waals surface area contributed by atoms with Crippen molar-refractivity contribution in [1.82, 2.24) is 20.1 Å². The number of hydrogen-bond acceptors (Lipinski definition) is 5. The van der Waals surface area contributed by atoms with Crippen LogP contribution in [0.3, 0.4) is 0 Å². The Bertz CT molecular complexity index is 1010. The summed E-state index contributed by atoms with van der Waals surface area (Å²) >= 11 is 0. The number of amides is 2. The summed E-state index contributed by atoms with van der Waals surface area (Å²) in [6.45, 7) is 7.62. The van der Waals surface area contributed by atoms with Crippen LogP contribution in [0.15, 0.2) is 48.7 Å². The number of benzene rings is 1. The van der Waals surface area contributed by atoms with Crippen molar-refractivity contribution in [2.24, 2.45) is 0 Å². The maximum absolute atomic E-state index is 13.8. The fourth-order valence-corrected chi connectivity index (χ4v) is 5.79. The lowest BCUT2D eigenvalue weighted by molar-refractivity contribution is -0.132. The number of hydrogen-bond donors (Lipinski definition) is 1. The molecule has 2 aromatic rings. The van der Waals surface area contributed by atoms with E-state index in [0.717, 1.165) is 43.7 Å². The van der Waals surface area contributed by atoms with Crippen LogP contribution >= 0.6 is 0 Å². The molecule has 1 aromatic carbocycles. The van der Waals surface area contributed by atoms with Crippen molar-refractivity contribution < 1.29 is 14.3 Å². The van der Waals surface area contributed by atoms with Gasteiger partial charge < -0.3 is 15.0 Å². The smallest absolute Gasteiger partial charge is 0.254 e. The standard InChI is InChI=1S/C26H32N4O3/c1-18(2)30-25(32)22-9-4-3-8-21(22)23(24(31)28-20-16-33-17-20)26(30)10-13-29(14-11-26)15-19-7-5-6-12-27-19/h3-9,12,18,20,23H,10-11,13-17H2,1-2H3,(H,28,31). The van der Waals surface area contributed by atoms with Gasteiger partial charge in [0.2, 0.25) is 5.91 Å². The molecule has 174 valence electrons. The molecule has 1 atom stereocenters. The summed E-state index contributed by atoms with van der Waals surface area (Å²) in [6.07, 6.45) is 3.32. The largest absolute Gasteiger partial charge is 0.377 e. The first-order valence-electron chi connectivity index (χ1n) is 11.9. The number of carbonyl (C=O) groups is 2. The van der Waals surface area contributed by atoms with Crippen LogP contribution in [0, 0.1) is 0 Å². The molecule has 2 amide bonds. The Balaban J connectivity index is 1.49. The zero-order chi connectivity index (χ0) is 23.0. The molecule has 2 saturated heterocycles. The number of likely N-dealkylation sites (tertiary alicyclic amines) is 1. The molecule has 5 rings (SSSR count). The lowest BCUT2D eigenvalue weighted by Crippen LogP contribution is -2.67. The fourth-order valence-electron chi connectivity index (χ4n) is 5.79. The van der Waals surface area contributed by atoms with E-state index in [1.54, 1.807) is 0 Å². The van der Waals surface area contributed by atoms with E-state index in [1.807, 2.05) is 53.6 Å². The highest BCUT2D eigenvalue weighted by Gasteiger charge is 2.56. The van der Waals surface area contributed by atoms with Gasteiger partial charge in [-0.15, -0.1) is 0 Å². The van der Waals surface area contributed by atoms with Crippen molar-refractivity contribution in [2.75, 3.05) is 26.3 Å². The quantitative estimate of drug-likeness (QED) is 0.761.